The zero-order chi connectivity index (χ0) is 9.08. The maximum atomic E-state index is 2.46. The molecule has 1 heteroatoms. The molecular formula is C13H19B. The van der Waals surface area contributed by atoms with Crippen molar-refractivity contribution in [2.45, 2.75) is 37.8 Å². The summed E-state index contributed by atoms with van der Waals surface area (Å²) in [6.07, 6.45) is 6.44. The van der Waals surface area contributed by atoms with Crippen molar-refractivity contribution in [3.05, 3.63) is 0 Å². The largest absolute Gasteiger partial charge is 0.125 e. The Labute approximate surface area is 87.1 Å². The third-order valence-electron chi connectivity index (χ3n) is 7.54. The van der Waals surface area contributed by atoms with Gasteiger partial charge in [-0.1, -0.05) is 19.7 Å². The van der Waals surface area contributed by atoms with E-state index >= 15 is 0 Å². The fraction of sp³-hybridized carbons (Fsp3) is 1.00. The Morgan fingerprint density at radius 1 is 1.00 bits per heavy atom. The number of hydrogen-bond donors (Lipinski definition) is 0. The van der Waals surface area contributed by atoms with Crippen LogP contribution >= 0.6 is 0 Å². The van der Waals surface area contributed by atoms with E-state index in [-0.39, 0.29) is 0 Å². The Balaban J connectivity index is 1.51. The molecule has 0 amide bonds. The van der Waals surface area contributed by atoms with E-state index in [1.807, 2.05) is 0 Å². The van der Waals surface area contributed by atoms with Gasteiger partial charge in [-0.05, 0) is 59.6 Å². The molecule has 0 bridgehead atoms. The highest BCUT2D eigenvalue weighted by Gasteiger charge is 2.82. The molecule has 0 heterocycles. The van der Waals surface area contributed by atoms with Gasteiger partial charge in [0.15, 0.2) is 0 Å². The molecule has 8 unspecified atom stereocenters. The van der Waals surface area contributed by atoms with Gasteiger partial charge >= 0.3 is 0 Å². The van der Waals surface area contributed by atoms with Crippen LogP contribution in [0.3, 0.4) is 0 Å². The Morgan fingerprint density at radius 3 is 2.36 bits per heavy atom. The predicted molar refractivity (Wildman–Crippen MR) is 58.6 cm³/mol. The van der Waals surface area contributed by atoms with E-state index in [9.17, 15) is 0 Å². The summed E-state index contributed by atoms with van der Waals surface area (Å²) in [6.45, 7) is 2.46. The maximum Gasteiger partial charge on any atom is 0.125 e. The van der Waals surface area contributed by atoms with Crippen molar-refractivity contribution in [2.24, 2.45) is 41.4 Å². The molecule has 5 fully saturated rings. The van der Waals surface area contributed by atoms with Crippen molar-refractivity contribution < 1.29 is 0 Å². The van der Waals surface area contributed by atoms with Gasteiger partial charge in [0.05, 0.1) is 0 Å². The van der Waals surface area contributed by atoms with Crippen molar-refractivity contribution in [3.63, 3.8) is 0 Å². The first-order chi connectivity index (χ1) is 6.88. The molecule has 5 rings (SSSR count). The lowest BCUT2D eigenvalue weighted by molar-refractivity contribution is -0.353. The first kappa shape index (κ1) is 7.36. The van der Waals surface area contributed by atoms with Gasteiger partial charge in [-0.2, -0.15) is 0 Å². The lowest BCUT2D eigenvalue weighted by atomic mass is 9.11. The quantitative estimate of drug-likeness (QED) is 0.436. The van der Waals surface area contributed by atoms with Crippen LogP contribution in [0.1, 0.15) is 25.7 Å². The fourth-order valence-electron chi connectivity index (χ4n) is 6.84. The zero-order valence-electron chi connectivity index (χ0n) is 9.08. The van der Waals surface area contributed by atoms with E-state index in [2.05, 4.69) is 6.82 Å². The molecular weight excluding hydrogens is 167 g/mol. The van der Waals surface area contributed by atoms with Crippen LogP contribution < -0.4 is 0 Å². The van der Waals surface area contributed by atoms with Gasteiger partial charge in [0.25, 0.3) is 0 Å². The average molecular weight is 186 g/mol. The van der Waals surface area contributed by atoms with Crippen LogP contribution in [-0.4, -0.2) is 7.28 Å². The highest BCUT2D eigenvalue weighted by Crippen LogP contribution is 2.89. The molecule has 5 aliphatic carbocycles. The summed E-state index contributed by atoms with van der Waals surface area (Å²) >= 11 is 0. The molecule has 0 N–H and O–H groups in total. The summed E-state index contributed by atoms with van der Waals surface area (Å²) in [6, 6.07) is 0. The van der Waals surface area contributed by atoms with Gasteiger partial charge in [-0.15, -0.1) is 0 Å². The molecule has 5 aliphatic rings. The lowest BCUT2D eigenvalue weighted by Gasteiger charge is -2.88. The summed E-state index contributed by atoms with van der Waals surface area (Å²) in [5.74, 6) is 8.75. The molecule has 0 radical (unpaired) electrons. The summed E-state index contributed by atoms with van der Waals surface area (Å²) in [4.78, 5) is 0. The van der Waals surface area contributed by atoms with E-state index in [1.54, 1.807) is 25.7 Å². The van der Waals surface area contributed by atoms with Crippen molar-refractivity contribution in [3.8, 4) is 0 Å². The average Bonchev–Trinajstić information content (AvgIpc) is 2.13. The Hall–Kier alpha value is 0.0649. The Kier molecular flexibility index (Phi) is 0.972. The Morgan fingerprint density at radius 2 is 1.79 bits per heavy atom. The maximum absolute atomic E-state index is 2.46. The summed E-state index contributed by atoms with van der Waals surface area (Å²) < 4.78 is 0. The van der Waals surface area contributed by atoms with E-state index in [0.29, 0.717) is 0 Å². The highest BCUT2D eigenvalue weighted by molar-refractivity contribution is 6.39. The number of hydrogen-bond acceptors (Lipinski definition) is 0. The second-order valence-corrected chi connectivity index (χ2v) is 6.89. The summed E-state index contributed by atoms with van der Waals surface area (Å²) in [7, 11) is 1.51. The molecule has 0 nitrogen and oxygen atoms in total. The van der Waals surface area contributed by atoms with Crippen molar-refractivity contribution in [1.29, 1.82) is 0 Å². The summed E-state index contributed by atoms with van der Waals surface area (Å²) in [5.41, 5.74) is 0. The minimum Gasteiger partial charge on any atom is -0.0888 e. The van der Waals surface area contributed by atoms with Gasteiger partial charge < -0.3 is 0 Å². The van der Waals surface area contributed by atoms with Crippen LogP contribution in [0.4, 0.5) is 0 Å². The predicted octanol–water partition coefficient (Wildman–Crippen LogP) is 2.57. The second kappa shape index (κ2) is 1.85. The van der Waals surface area contributed by atoms with Crippen LogP contribution in [-0.2, 0) is 0 Å². The van der Waals surface area contributed by atoms with Gasteiger partial charge in [0, 0.05) is 0 Å². The fourth-order valence-corrected chi connectivity index (χ4v) is 6.84. The monoisotopic (exact) mass is 186 g/mol. The van der Waals surface area contributed by atoms with Crippen molar-refractivity contribution in [1.82, 2.24) is 0 Å². The molecule has 8 atom stereocenters. The minimum absolute atomic E-state index is 0.923. The molecule has 14 heavy (non-hydrogen) atoms. The topological polar surface area (TPSA) is 0 Å². The lowest BCUT2D eigenvalue weighted by Crippen LogP contribution is -2.81. The van der Waals surface area contributed by atoms with Crippen molar-refractivity contribution >= 4 is 7.28 Å². The third-order valence-corrected chi connectivity index (χ3v) is 7.54. The van der Waals surface area contributed by atoms with E-state index in [1.165, 1.54) is 48.7 Å². The Bertz CT molecular complexity index is 312. The molecule has 0 aromatic heterocycles. The number of fused-ring (bicyclic) bond motifs is 10. The standard InChI is InChI=1S/C13H19B/c1-14-13-5-4-8(13)11-9-6-2-3-7(6)10(9)12(11)13/h6-12,14H,2-5H2,1H3. The zero-order valence-corrected chi connectivity index (χ0v) is 9.08. The number of rotatable bonds is 1. The van der Waals surface area contributed by atoms with Crippen LogP contribution in [0.2, 0.25) is 12.1 Å². The van der Waals surface area contributed by atoms with Crippen LogP contribution in [0.25, 0.3) is 0 Å². The first-order valence-corrected chi connectivity index (χ1v) is 6.88. The summed E-state index contributed by atoms with van der Waals surface area (Å²) in [5, 5.41) is 0.923. The molecule has 0 aromatic carbocycles. The molecule has 74 valence electrons. The highest BCUT2D eigenvalue weighted by atomic mass is 14.8. The van der Waals surface area contributed by atoms with E-state index in [0.717, 1.165) is 5.31 Å². The van der Waals surface area contributed by atoms with Crippen molar-refractivity contribution in [2.75, 3.05) is 0 Å². The molecule has 0 aromatic rings. The van der Waals surface area contributed by atoms with Crippen LogP contribution in [0, 0.1) is 41.4 Å². The van der Waals surface area contributed by atoms with Gasteiger partial charge in [0.1, 0.15) is 7.28 Å². The SMILES string of the molecule is CBC12CCC1C1C3C4CCC4C3C12. The van der Waals surface area contributed by atoms with Gasteiger partial charge in [-0.3, -0.25) is 0 Å². The van der Waals surface area contributed by atoms with Gasteiger partial charge in [0.2, 0.25) is 0 Å². The van der Waals surface area contributed by atoms with E-state index in [4.69, 9.17) is 0 Å². The second-order valence-electron chi connectivity index (χ2n) is 6.89. The molecule has 0 saturated heterocycles. The van der Waals surface area contributed by atoms with Crippen LogP contribution in [0.5, 0.6) is 0 Å². The van der Waals surface area contributed by atoms with Crippen LogP contribution in [0.15, 0.2) is 0 Å². The minimum atomic E-state index is 0.923. The molecule has 5 saturated carbocycles. The first-order valence-electron chi connectivity index (χ1n) is 6.88. The normalized spacial score (nSPS) is 75.4. The molecule has 0 aliphatic heterocycles. The van der Waals surface area contributed by atoms with E-state index < -0.39 is 0 Å². The smallest absolute Gasteiger partial charge is 0.0888 e. The molecule has 0 spiro atoms. The third kappa shape index (κ3) is 0.438. The van der Waals surface area contributed by atoms with Gasteiger partial charge in [-0.25, -0.2) is 0 Å².